The Morgan fingerprint density at radius 1 is 1.38 bits per heavy atom. The summed E-state index contributed by atoms with van der Waals surface area (Å²) in [5.74, 6) is 0.621. The highest BCUT2D eigenvalue weighted by Crippen LogP contribution is 2.31. The summed E-state index contributed by atoms with van der Waals surface area (Å²) < 4.78 is 4.39. The van der Waals surface area contributed by atoms with Gasteiger partial charge in [-0.3, -0.25) is 0 Å². The Kier molecular flexibility index (Phi) is 2.53. The Balaban J connectivity index is 1.70. The van der Waals surface area contributed by atoms with Crippen LogP contribution in [0.15, 0.2) is 24.3 Å². The van der Waals surface area contributed by atoms with Crippen molar-refractivity contribution in [2.75, 3.05) is 11.9 Å². The molecule has 0 bridgehead atoms. The van der Waals surface area contributed by atoms with Crippen LogP contribution >= 0.6 is 11.5 Å². The standard InChI is InChI=1S/C12H14N2OS/c15-9-5-8(6-9)7-13-12-10-3-1-2-4-11(10)14-16-12/h1-4,8-9,13,15H,5-7H2. The molecule has 0 saturated heterocycles. The molecule has 1 aliphatic carbocycles. The highest BCUT2D eigenvalue weighted by molar-refractivity contribution is 7.11. The van der Waals surface area contributed by atoms with Gasteiger partial charge < -0.3 is 10.4 Å². The van der Waals surface area contributed by atoms with E-state index in [4.69, 9.17) is 0 Å². The van der Waals surface area contributed by atoms with E-state index >= 15 is 0 Å². The van der Waals surface area contributed by atoms with E-state index in [0.29, 0.717) is 5.92 Å². The topological polar surface area (TPSA) is 45.1 Å². The van der Waals surface area contributed by atoms with Crippen LogP contribution in [0.1, 0.15) is 12.8 Å². The van der Waals surface area contributed by atoms with E-state index in [2.05, 4.69) is 15.8 Å². The van der Waals surface area contributed by atoms with Crippen molar-refractivity contribution in [1.82, 2.24) is 4.37 Å². The smallest absolute Gasteiger partial charge is 0.117 e. The molecule has 16 heavy (non-hydrogen) atoms. The molecule has 3 rings (SSSR count). The zero-order valence-electron chi connectivity index (χ0n) is 8.89. The van der Waals surface area contributed by atoms with Crippen LogP contribution in [0, 0.1) is 5.92 Å². The van der Waals surface area contributed by atoms with Gasteiger partial charge in [0.25, 0.3) is 0 Å². The first-order valence-electron chi connectivity index (χ1n) is 5.59. The quantitative estimate of drug-likeness (QED) is 0.857. The molecule has 2 aromatic rings. The molecular formula is C12H14N2OS. The molecule has 1 heterocycles. The average molecular weight is 234 g/mol. The fourth-order valence-electron chi connectivity index (χ4n) is 2.12. The summed E-state index contributed by atoms with van der Waals surface area (Å²) in [6.45, 7) is 0.948. The Morgan fingerprint density at radius 2 is 2.19 bits per heavy atom. The Hall–Kier alpha value is -1.13. The number of aliphatic hydroxyl groups excluding tert-OH is 1. The van der Waals surface area contributed by atoms with Crippen LogP contribution in [0.5, 0.6) is 0 Å². The fourth-order valence-corrected chi connectivity index (χ4v) is 2.89. The maximum atomic E-state index is 9.21. The molecule has 0 amide bonds. The molecule has 2 N–H and O–H groups in total. The van der Waals surface area contributed by atoms with Crippen LogP contribution in [0.2, 0.25) is 0 Å². The summed E-state index contributed by atoms with van der Waals surface area (Å²) >= 11 is 1.52. The van der Waals surface area contributed by atoms with Gasteiger partial charge in [-0.05, 0) is 42.4 Å². The van der Waals surface area contributed by atoms with Gasteiger partial charge in [-0.1, -0.05) is 12.1 Å². The second-order valence-electron chi connectivity index (χ2n) is 4.40. The average Bonchev–Trinajstić information content (AvgIpc) is 2.66. The van der Waals surface area contributed by atoms with Crippen molar-refractivity contribution in [3.8, 4) is 0 Å². The van der Waals surface area contributed by atoms with Gasteiger partial charge in [0.15, 0.2) is 0 Å². The number of fused-ring (bicyclic) bond motifs is 1. The maximum absolute atomic E-state index is 9.21. The summed E-state index contributed by atoms with van der Waals surface area (Å²) in [5, 5.41) is 15.0. The molecule has 0 radical (unpaired) electrons. The van der Waals surface area contributed by atoms with E-state index in [1.807, 2.05) is 18.2 Å². The first kappa shape index (κ1) is 10.1. The van der Waals surface area contributed by atoms with Gasteiger partial charge in [0.1, 0.15) is 5.00 Å². The minimum absolute atomic E-state index is 0.0648. The molecule has 1 fully saturated rings. The number of hydrogen-bond donors (Lipinski definition) is 2. The summed E-state index contributed by atoms with van der Waals surface area (Å²) in [6, 6.07) is 8.17. The van der Waals surface area contributed by atoms with Crippen LogP contribution in [-0.4, -0.2) is 22.1 Å². The summed E-state index contributed by atoms with van der Waals surface area (Å²) in [5.41, 5.74) is 1.06. The predicted octanol–water partition coefficient (Wildman–Crippen LogP) is 2.48. The van der Waals surface area contributed by atoms with Crippen molar-refractivity contribution in [2.24, 2.45) is 5.92 Å². The Morgan fingerprint density at radius 3 is 3.00 bits per heavy atom. The molecular weight excluding hydrogens is 220 g/mol. The lowest BCUT2D eigenvalue weighted by molar-refractivity contribution is 0.0487. The van der Waals surface area contributed by atoms with Crippen LogP contribution < -0.4 is 5.32 Å². The second kappa shape index (κ2) is 4.03. The molecule has 1 saturated carbocycles. The van der Waals surface area contributed by atoms with Gasteiger partial charge in [0, 0.05) is 11.9 Å². The second-order valence-corrected chi connectivity index (χ2v) is 5.17. The molecule has 0 unspecified atom stereocenters. The highest BCUT2D eigenvalue weighted by atomic mass is 32.1. The molecule has 1 aromatic heterocycles. The van der Waals surface area contributed by atoms with Gasteiger partial charge in [0.05, 0.1) is 11.6 Å². The number of nitrogens with one attached hydrogen (secondary N) is 1. The first-order chi connectivity index (χ1) is 7.83. The minimum atomic E-state index is -0.0648. The van der Waals surface area contributed by atoms with Crippen LogP contribution in [-0.2, 0) is 0 Å². The first-order valence-corrected chi connectivity index (χ1v) is 6.36. The zero-order valence-corrected chi connectivity index (χ0v) is 9.70. The maximum Gasteiger partial charge on any atom is 0.117 e. The van der Waals surface area contributed by atoms with E-state index in [1.54, 1.807) is 0 Å². The SMILES string of the molecule is OC1CC(CNc2snc3ccccc23)C1. The van der Waals surface area contributed by atoms with E-state index in [0.717, 1.165) is 29.9 Å². The third-order valence-corrected chi connectivity index (χ3v) is 3.98. The van der Waals surface area contributed by atoms with Crippen molar-refractivity contribution in [3.63, 3.8) is 0 Å². The number of benzene rings is 1. The fraction of sp³-hybridized carbons (Fsp3) is 0.417. The third-order valence-electron chi connectivity index (χ3n) is 3.15. The predicted molar refractivity (Wildman–Crippen MR) is 66.8 cm³/mol. The van der Waals surface area contributed by atoms with Crippen molar-refractivity contribution in [2.45, 2.75) is 18.9 Å². The summed E-state index contributed by atoms with van der Waals surface area (Å²) in [7, 11) is 0. The number of nitrogens with zero attached hydrogens (tertiary/aromatic N) is 1. The molecule has 0 aliphatic heterocycles. The summed E-state index contributed by atoms with van der Waals surface area (Å²) in [4.78, 5) is 0. The lowest BCUT2D eigenvalue weighted by Crippen LogP contribution is -2.33. The van der Waals surface area contributed by atoms with Gasteiger partial charge in [-0.25, -0.2) is 0 Å². The number of aromatic nitrogens is 1. The number of rotatable bonds is 3. The zero-order chi connectivity index (χ0) is 11.0. The van der Waals surface area contributed by atoms with Gasteiger partial charge >= 0.3 is 0 Å². The highest BCUT2D eigenvalue weighted by Gasteiger charge is 2.26. The molecule has 3 nitrogen and oxygen atoms in total. The summed E-state index contributed by atoms with van der Waals surface area (Å²) in [6.07, 6.45) is 1.80. The van der Waals surface area contributed by atoms with E-state index in [-0.39, 0.29) is 6.10 Å². The van der Waals surface area contributed by atoms with Gasteiger partial charge in [-0.2, -0.15) is 4.37 Å². The van der Waals surface area contributed by atoms with Crippen molar-refractivity contribution >= 4 is 27.4 Å². The number of anilines is 1. The molecule has 0 atom stereocenters. The third kappa shape index (κ3) is 1.79. The lowest BCUT2D eigenvalue weighted by Gasteiger charge is -2.31. The van der Waals surface area contributed by atoms with Crippen LogP contribution in [0.4, 0.5) is 5.00 Å². The van der Waals surface area contributed by atoms with Crippen molar-refractivity contribution in [1.29, 1.82) is 0 Å². The van der Waals surface area contributed by atoms with Crippen molar-refractivity contribution < 1.29 is 5.11 Å². The monoisotopic (exact) mass is 234 g/mol. The Bertz CT molecular complexity index is 490. The lowest BCUT2D eigenvalue weighted by atomic mass is 9.82. The van der Waals surface area contributed by atoms with E-state index < -0.39 is 0 Å². The molecule has 0 spiro atoms. The normalized spacial score (nSPS) is 24.3. The number of aliphatic hydroxyl groups is 1. The molecule has 1 aliphatic rings. The van der Waals surface area contributed by atoms with Crippen LogP contribution in [0.25, 0.3) is 10.9 Å². The van der Waals surface area contributed by atoms with Crippen LogP contribution in [0.3, 0.4) is 0 Å². The van der Waals surface area contributed by atoms with Crippen molar-refractivity contribution in [3.05, 3.63) is 24.3 Å². The minimum Gasteiger partial charge on any atom is -0.393 e. The molecule has 84 valence electrons. The number of hydrogen-bond acceptors (Lipinski definition) is 4. The van der Waals surface area contributed by atoms with Gasteiger partial charge in [-0.15, -0.1) is 0 Å². The largest absolute Gasteiger partial charge is 0.393 e. The van der Waals surface area contributed by atoms with E-state index in [1.165, 1.54) is 16.9 Å². The molecule has 1 aromatic carbocycles. The van der Waals surface area contributed by atoms with E-state index in [9.17, 15) is 5.11 Å². The van der Waals surface area contributed by atoms with Gasteiger partial charge in [0.2, 0.25) is 0 Å². The molecule has 4 heteroatoms. The Labute approximate surface area is 98.3 Å².